The maximum Gasteiger partial charge on any atom is 0.253 e. The fraction of sp³-hybridized carbons (Fsp3) is 0.351. The van der Waals surface area contributed by atoms with Gasteiger partial charge in [0, 0.05) is 24.2 Å². The number of nitrogens with zero attached hydrogens (tertiary/aromatic N) is 1. The second kappa shape index (κ2) is 15.9. The molecule has 3 aromatic carbocycles. The molecular formula is C37H42ClN5O2. The van der Waals surface area contributed by atoms with Gasteiger partial charge in [0.15, 0.2) is 0 Å². The molecule has 8 heteroatoms. The van der Waals surface area contributed by atoms with Crippen molar-refractivity contribution >= 4 is 17.5 Å². The second-order valence-electron chi connectivity index (χ2n) is 12.0. The van der Waals surface area contributed by atoms with Crippen molar-refractivity contribution in [2.75, 3.05) is 26.2 Å². The van der Waals surface area contributed by atoms with E-state index < -0.39 is 0 Å². The molecule has 1 saturated heterocycles. The first kappa shape index (κ1) is 32.5. The molecule has 234 valence electrons. The molecule has 5 rings (SSSR count). The van der Waals surface area contributed by atoms with Crippen LogP contribution in [0.2, 0.25) is 5.02 Å². The van der Waals surface area contributed by atoms with E-state index in [1.807, 2.05) is 42.5 Å². The van der Waals surface area contributed by atoms with Crippen molar-refractivity contribution in [2.45, 2.75) is 51.7 Å². The smallest absolute Gasteiger partial charge is 0.253 e. The van der Waals surface area contributed by atoms with Crippen LogP contribution in [0.25, 0.3) is 11.3 Å². The Labute approximate surface area is 271 Å². The average Bonchev–Trinajstić information content (AvgIpc) is 3.54. The predicted octanol–water partition coefficient (Wildman–Crippen LogP) is 6.56. The first-order valence-electron chi connectivity index (χ1n) is 15.8. The molecule has 45 heavy (non-hydrogen) atoms. The van der Waals surface area contributed by atoms with E-state index in [1.54, 1.807) is 12.1 Å². The summed E-state index contributed by atoms with van der Waals surface area (Å²) >= 11 is 6.57. The van der Waals surface area contributed by atoms with E-state index in [0.29, 0.717) is 47.3 Å². The Morgan fingerprint density at radius 2 is 1.80 bits per heavy atom. The number of furan rings is 1. The number of carbonyl (C=O) groups excluding carboxylic acids is 1. The van der Waals surface area contributed by atoms with Crippen molar-refractivity contribution in [1.29, 1.82) is 5.26 Å². The molecule has 2 atom stereocenters. The van der Waals surface area contributed by atoms with Gasteiger partial charge in [-0.1, -0.05) is 53.6 Å². The molecule has 1 amide bonds. The quantitative estimate of drug-likeness (QED) is 0.135. The first-order valence-corrected chi connectivity index (χ1v) is 16.2. The third-order valence-corrected chi connectivity index (χ3v) is 8.83. The van der Waals surface area contributed by atoms with Gasteiger partial charge in [-0.05, 0) is 112 Å². The van der Waals surface area contributed by atoms with Gasteiger partial charge in [-0.15, -0.1) is 0 Å². The minimum absolute atomic E-state index is 0.163. The number of nitrogens with one attached hydrogen (secondary N) is 4. The zero-order valence-electron chi connectivity index (χ0n) is 26.0. The summed E-state index contributed by atoms with van der Waals surface area (Å²) in [6, 6.07) is 27.5. The van der Waals surface area contributed by atoms with E-state index in [0.717, 1.165) is 49.4 Å². The highest BCUT2D eigenvalue weighted by Gasteiger charge is 2.20. The van der Waals surface area contributed by atoms with Gasteiger partial charge < -0.3 is 25.7 Å². The third kappa shape index (κ3) is 9.29. The van der Waals surface area contributed by atoms with Crippen molar-refractivity contribution in [3.05, 3.63) is 117 Å². The first-order chi connectivity index (χ1) is 21.9. The molecular weight excluding hydrogens is 582 g/mol. The van der Waals surface area contributed by atoms with Gasteiger partial charge in [-0.3, -0.25) is 4.79 Å². The zero-order valence-corrected chi connectivity index (χ0v) is 26.8. The number of amides is 1. The van der Waals surface area contributed by atoms with Crippen LogP contribution < -0.4 is 21.3 Å². The van der Waals surface area contributed by atoms with Gasteiger partial charge in [-0.2, -0.15) is 5.26 Å². The molecule has 0 spiro atoms. The lowest BCUT2D eigenvalue weighted by Gasteiger charge is -2.25. The number of rotatable bonds is 13. The molecule has 1 aliphatic rings. The lowest BCUT2D eigenvalue weighted by molar-refractivity contribution is 0.0936. The highest BCUT2D eigenvalue weighted by molar-refractivity contribution is 6.34. The van der Waals surface area contributed by atoms with Crippen LogP contribution >= 0.6 is 11.6 Å². The summed E-state index contributed by atoms with van der Waals surface area (Å²) in [6.45, 7) is 8.44. The Morgan fingerprint density at radius 3 is 2.53 bits per heavy atom. The number of benzene rings is 3. The number of halogens is 1. The van der Waals surface area contributed by atoms with Crippen molar-refractivity contribution in [3.63, 3.8) is 0 Å². The molecule has 1 aliphatic heterocycles. The van der Waals surface area contributed by atoms with Crippen molar-refractivity contribution < 1.29 is 9.21 Å². The normalized spacial score (nSPS) is 14.9. The van der Waals surface area contributed by atoms with Gasteiger partial charge in [-0.25, -0.2) is 0 Å². The summed E-state index contributed by atoms with van der Waals surface area (Å²) in [7, 11) is 0. The van der Waals surface area contributed by atoms with Crippen LogP contribution in [0, 0.1) is 24.2 Å². The van der Waals surface area contributed by atoms with Crippen LogP contribution in [-0.4, -0.2) is 38.1 Å². The molecule has 0 aliphatic carbocycles. The fourth-order valence-corrected chi connectivity index (χ4v) is 5.90. The lowest BCUT2D eigenvalue weighted by atomic mass is 9.98. The van der Waals surface area contributed by atoms with Crippen LogP contribution in [-0.2, 0) is 13.0 Å². The SMILES string of the molecule is Cc1ccc(C(C)NCc2ccc(-c3ccc(Cl)c(C(=O)NC(CNCC4CCNCC4)Cc4ccc(C#N)cc4)c3)o2)cc1. The summed E-state index contributed by atoms with van der Waals surface area (Å²) in [5.74, 6) is 1.89. The molecule has 0 bridgehead atoms. The largest absolute Gasteiger partial charge is 0.460 e. The highest BCUT2D eigenvalue weighted by Crippen LogP contribution is 2.27. The predicted molar refractivity (Wildman–Crippen MR) is 180 cm³/mol. The number of hydrogen-bond acceptors (Lipinski definition) is 6. The van der Waals surface area contributed by atoms with Crippen molar-refractivity contribution in [1.82, 2.24) is 21.3 Å². The minimum atomic E-state index is -0.232. The number of aryl methyl sites for hydroxylation is 1. The maximum absolute atomic E-state index is 13.6. The molecule has 0 saturated carbocycles. The summed E-state index contributed by atoms with van der Waals surface area (Å²) in [4.78, 5) is 13.6. The molecule has 0 radical (unpaired) electrons. The third-order valence-electron chi connectivity index (χ3n) is 8.50. The van der Waals surface area contributed by atoms with Gasteiger partial charge in [0.2, 0.25) is 0 Å². The van der Waals surface area contributed by atoms with E-state index in [-0.39, 0.29) is 18.0 Å². The van der Waals surface area contributed by atoms with Gasteiger partial charge in [0.1, 0.15) is 11.5 Å². The summed E-state index contributed by atoms with van der Waals surface area (Å²) in [6.07, 6.45) is 2.93. The molecule has 7 nitrogen and oxygen atoms in total. The number of carbonyl (C=O) groups is 1. The monoisotopic (exact) mass is 623 g/mol. The Balaban J connectivity index is 1.24. The molecule has 4 N–H and O–H groups in total. The number of nitriles is 1. The number of piperidine rings is 1. The zero-order chi connectivity index (χ0) is 31.6. The average molecular weight is 624 g/mol. The van der Waals surface area contributed by atoms with Gasteiger partial charge in [0.05, 0.1) is 28.8 Å². The van der Waals surface area contributed by atoms with Crippen LogP contribution in [0.3, 0.4) is 0 Å². The Hall–Kier alpha value is -3.93. The van der Waals surface area contributed by atoms with Crippen LogP contribution in [0.4, 0.5) is 0 Å². The van der Waals surface area contributed by atoms with Crippen molar-refractivity contribution in [3.8, 4) is 17.4 Å². The van der Waals surface area contributed by atoms with E-state index in [4.69, 9.17) is 16.0 Å². The molecule has 1 aromatic heterocycles. The minimum Gasteiger partial charge on any atom is -0.460 e. The summed E-state index contributed by atoms with van der Waals surface area (Å²) in [5.41, 5.74) is 5.32. The standard InChI is InChI=1S/C37H42ClN5O2/c1-25-3-9-30(10-4-25)26(2)42-24-33-12-14-36(45-33)31-11-13-35(38)34(20-31)37(44)43-32(19-27-5-7-28(21-39)8-6-27)23-41-22-29-15-17-40-18-16-29/h3-14,20,26,29,32,40-42H,15-19,22-24H2,1-2H3,(H,43,44). The van der Waals surface area contributed by atoms with Crippen molar-refractivity contribution in [2.24, 2.45) is 5.92 Å². The second-order valence-corrected chi connectivity index (χ2v) is 12.4. The molecule has 2 heterocycles. The van der Waals surface area contributed by atoms with Crippen LogP contribution in [0.1, 0.15) is 64.2 Å². The Kier molecular flexibility index (Phi) is 11.5. The topological polar surface area (TPSA) is 102 Å². The molecule has 1 fully saturated rings. The van der Waals surface area contributed by atoms with E-state index in [1.165, 1.54) is 11.1 Å². The molecule has 2 unspecified atom stereocenters. The van der Waals surface area contributed by atoms with E-state index in [9.17, 15) is 10.1 Å². The number of hydrogen-bond donors (Lipinski definition) is 4. The Morgan fingerprint density at radius 1 is 1.04 bits per heavy atom. The van der Waals surface area contributed by atoms with E-state index >= 15 is 0 Å². The Bertz CT molecular complexity index is 1590. The lowest BCUT2D eigenvalue weighted by Crippen LogP contribution is -2.45. The molecule has 4 aromatic rings. The summed E-state index contributed by atoms with van der Waals surface area (Å²) in [5, 5.41) is 23.3. The highest BCUT2D eigenvalue weighted by atomic mass is 35.5. The fourth-order valence-electron chi connectivity index (χ4n) is 5.69. The van der Waals surface area contributed by atoms with Gasteiger partial charge >= 0.3 is 0 Å². The van der Waals surface area contributed by atoms with Crippen LogP contribution in [0.5, 0.6) is 0 Å². The maximum atomic E-state index is 13.6. The van der Waals surface area contributed by atoms with E-state index in [2.05, 4.69) is 65.4 Å². The van der Waals surface area contributed by atoms with Crippen LogP contribution in [0.15, 0.2) is 83.3 Å². The van der Waals surface area contributed by atoms with Gasteiger partial charge in [0.25, 0.3) is 5.91 Å². The summed E-state index contributed by atoms with van der Waals surface area (Å²) < 4.78 is 6.16.